The summed E-state index contributed by atoms with van der Waals surface area (Å²) in [6.07, 6.45) is -1.20. The number of nitrogens with two attached hydrogens (primary N) is 1. The van der Waals surface area contributed by atoms with E-state index in [0.29, 0.717) is 0 Å². The standard InChI is InChI=1S/C4H8N2O3/c1-2(7)3(8)6-4(5)9/h2,7H,1H3,(H3,5,6,8,9)/t2-/m1/s1. The van der Waals surface area contributed by atoms with Gasteiger partial charge in [-0.05, 0) is 6.92 Å². The Kier molecular flexibility index (Phi) is 2.66. The van der Waals surface area contributed by atoms with E-state index < -0.39 is 18.0 Å². The summed E-state index contributed by atoms with van der Waals surface area (Å²) < 4.78 is 0. The van der Waals surface area contributed by atoms with Crippen molar-refractivity contribution in [2.75, 3.05) is 0 Å². The lowest BCUT2D eigenvalue weighted by atomic mass is 10.4. The number of aliphatic hydroxyl groups is 1. The number of urea groups is 1. The first-order valence-electron chi connectivity index (χ1n) is 2.32. The molecule has 0 rings (SSSR count). The Hall–Kier alpha value is -1.10. The van der Waals surface area contributed by atoms with Gasteiger partial charge in [-0.1, -0.05) is 0 Å². The van der Waals surface area contributed by atoms with E-state index in [4.69, 9.17) is 5.11 Å². The van der Waals surface area contributed by atoms with Crippen LogP contribution in [0.2, 0.25) is 0 Å². The molecule has 52 valence electrons. The number of aliphatic hydroxyl groups excluding tert-OH is 1. The summed E-state index contributed by atoms with van der Waals surface area (Å²) in [6.45, 7) is 1.23. The van der Waals surface area contributed by atoms with Crippen molar-refractivity contribution >= 4 is 11.9 Å². The van der Waals surface area contributed by atoms with Crippen molar-refractivity contribution in [1.82, 2.24) is 5.32 Å². The summed E-state index contributed by atoms with van der Waals surface area (Å²) in [5, 5.41) is 10.1. The zero-order chi connectivity index (χ0) is 7.44. The van der Waals surface area contributed by atoms with E-state index in [0.717, 1.165) is 0 Å². The Morgan fingerprint density at radius 2 is 2.11 bits per heavy atom. The first kappa shape index (κ1) is 7.90. The Bertz CT molecular complexity index is 132. The summed E-state index contributed by atoms with van der Waals surface area (Å²) in [5.74, 6) is -0.789. The molecule has 0 fully saturated rings. The number of hydrogen-bond donors (Lipinski definition) is 3. The summed E-state index contributed by atoms with van der Waals surface area (Å²) in [5.41, 5.74) is 4.55. The molecule has 0 heterocycles. The van der Waals surface area contributed by atoms with E-state index in [1.807, 2.05) is 0 Å². The Morgan fingerprint density at radius 1 is 1.67 bits per heavy atom. The van der Waals surface area contributed by atoms with Gasteiger partial charge < -0.3 is 10.8 Å². The van der Waals surface area contributed by atoms with E-state index in [1.54, 1.807) is 5.32 Å². The molecule has 0 aliphatic carbocycles. The number of primary amides is 1. The lowest BCUT2D eigenvalue weighted by Gasteiger charge is -2.00. The van der Waals surface area contributed by atoms with Gasteiger partial charge in [-0.2, -0.15) is 0 Å². The average molecular weight is 132 g/mol. The molecule has 0 aromatic carbocycles. The van der Waals surface area contributed by atoms with Crippen LogP contribution in [0.3, 0.4) is 0 Å². The fraction of sp³-hybridized carbons (Fsp3) is 0.500. The molecular weight excluding hydrogens is 124 g/mol. The molecule has 0 saturated carbocycles. The van der Waals surface area contributed by atoms with Gasteiger partial charge in [0.15, 0.2) is 0 Å². The summed E-state index contributed by atoms with van der Waals surface area (Å²) >= 11 is 0. The van der Waals surface area contributed by atoms with Crippen molar-refractivity contribution in [3.05, 3.63) is 0 Å². The van der Waals surface area contributed by atoms with Gasteiger partial charge in [-0.25, -0.2) is 4.79 Å². The molecule has 3 amide bonds. The first-order valence-corrected chi connectivity index (χ1v) is 2.32. The second-order valence-corrected chi connectivity index (χ2v) is 1.53. The van der Waals surface area contributed by atoms with Gasteiger partial charge in [-0.15, -0.1) is 0 Å². The Balaban J connectivity index is 3.64. The van der Waals surface area contributed by atoms with Crippen molar-refractivity contribution in [1.29, 1.82) is 0 Å². The van der Waals surface area contributed by atoms with Crippen LogP contribution in [0.15, 0.2) is 0 Å². The van der Waals surface area contributed by atoms with Crippen LogP contribution in [0.5, 0.6) is 0 Å². The van der Waals surface area contributed by atoms with Gasteiger partial charge in [0.1, 0.15) is 6.10 Å². The molecule has 0 aromatic rings. The second kappa shape index (κ2) is 3.03. The van der Waals surface area contributed by atoms with E-state index in [2.05, 4.69) is 5.73 Å². The van der Waals surface area contributed by atoms with Gasteiger partial charge in [0.25, 0.3) is 5.91 Å². The van der Waals surface area contributed by atoms with Crippen LogP contribution in [0.1, 0.15) is 6.92 Å². The van der Waals surface area contributed by atoms with E-state index >= 15 is 0 Å². The molecule has 0 radical (unpaired) electrons. The largest absolute Gasteiger partial charge is 0.384 e. The monoisotopic (exact) mass is 132 g/mol. The van der Waals surface area contributed by atoms with E-state index in [1.165, 1.54) is 6.92 Å². The van der Waals surface area contributed by atoms with Gasteiger partial charge in [0, 0.05) is 0 Å². The van der Waals surface area contributed by atoms with Crippen molar-refractivity contribution in [2.45, 2.75) is 13.0 Å². The van der Waals surface area contributed by atoms with Gasteiger partial charge >= 0.3 is 6.03 Å². The molecule has 5 heteroatoms. The molecule has 5 nitrogen and oxygen atoms in total. The van der Waals surface area contributed by atoms with Crippen molar-refractivity contribution in [3.8, 4) is 0 Å². The summed E-state index contributed by atoms with van der Waals surface area (Å²) in [6, 6.07) is -0.957. The molecule has 0 spiro atoms. The molecular formula is C4H8N2O3. The molecule has 4 N–H and O–H groups in total. The quantitative estimate of drug-likeness (QED) is 0.408. The smallest absolute Gasteiger partial charge is 0.318 e. The summed E-state index contributed by atoms with van der Waals surface area (Å²) in [7, 11) is 0. The SMILES string of the molecule is C[C@@H](O)C(=O)NC(N)=O. The molecule has 0 aliphatic heterocycles. The molecule has 1 atom stereocenters. The van der Waals surface area contributed by atoms with Crippen LogP contribution in [0, 0.1) is 0 Å². The molecule has 0 aromatic heterocycles. The maximum Gasteiger partial charge on any atom is 0.318 e. The van der Waals surface area contributed by atoms with Crippen LogP contribution in [-0.4, -0.2) is 23.1 Å². The molecule has 0 aliphatic rings. The molecule has 9 heavy (non-hydrogen) atoms. The Labute approximate surface area is 51.8 Å². The van der Waals surface area contributed by atoms with Crippen LogP contribution < -0.4 is 11.1 Å². The third-order valence-corrected chi connectivity index (χ3v) is 0.626. The average Bonchev–Trinajstić information content (AvgIpc) is 1.63. The van der Waals surface area contributed by atoms with Gasteiger partial charge in [-0.3, -0.25) is 10.1 Å². The number of carbonyl (C=O) groups excluding carboxylic acids is 2. The highest BCUT2D eigenvalue weighted by atomic mass is 16.3. The van der Waals surface area contributed by atoms with Crippen molar-refractivity contribution in [2.24, 2.45) is 5.73 Å². The van der Waals surface area contributed by atoms with Gasteiger partial charge in [0.2, 0.25) is 0 Å². The normalized spacial score (nSPS) is 12.2. The number of amides is 3. The lowest BCUT2D eigenvalue weighted by Crippen LogP contribution is -2.40. The molecule has 0 bridgehead atoms. The lowest BCUT2D eigenvalue weighted by molar-refractivity contribution is -0.127. The Morgan fingerprint density at radius 3 is 2.22 bits per heavy atom. The van der Waals surface area contributed by atoms with Crippen LogP contribution in [0.25, 0.3) is 0 Å². The number of rotatable bonds is 1. The van der Waals surface area contributed by atoms with E-state index in [9.17, 15) is 9.59 Å². The third-order valence-electron chi connectivity index (χ3n) is 0.626. The fourth-order valence-electron chi connectivity index (χ4n) is 0.226. The molecule has 0 saturated heterocycles. The minimum atomic E-state index is -1.20. The van der Waals surface area contributed by atoms with Gasteiger partial charge in [0.05, 0.1) is 0 Å². The number of nitrogens with one attached hydrogen (secondary N) is 1. The van der Waals surface area contributed by atoms with Crippen LogP contribution >= 0.6 is 0 Å². The third kappa shape index (κ3) is 3.48. The second-order valence-electron chi connectivity index (χ2n) is 1.53. The maximum atomic E-state index is 10.3. The predicted molar refractivity (Wildman–Crippen MR) is 29.4 cm³/mol. The highest BCUT2D eigenvalue weighted by Gasteiger charge is 2.08. The number of hydrogen-bond acceptors (Lipinski definition) is 3. The molecule has 0 unspecified atom stereocenters. The first-order chi connectivity index (χ1) is 4.04. The highest BCUT2D eigenvalue weighted by molar-refractivity contribution is 5.95. The van der Waals surface area contributed by atoms with E-state index in [-0.39, 0.29) is 0 Å². The maximum absolute atomic E-state index is 10.3. The number of imide groups is 1. The highest BCUT2D eigenvalue weighted by Crippen LogP contribution is 1.76. The van der Waals surface area contributed by atoms with Crippen LogP contribution in [-0.2, 0) is 4.79 Å². The zero-order valence-electron chi connectivity index (χ0n) is 4.92. The summed E-state index contributed by atoms with van der Waals surface area (Å²) in [4.78, 5) is 20.2. The minimum absolute atomic E-state index is 0.789. The van der Waals surface area contributed by atoms with Crippen LogP contribution in [0.4, 0.5) is 4.79 Å². The minimum Gasteiger partial charge on any atom is -0.384 e. The van der Waals surface area contributed by atoms with Crippen molar-refractivity contribution in [3.63, 3.8) is 0 Å². The number of carbonyl (C=O) groups is 2. The van der Waals surface area contributed by atoms with Crippen molar-refractivity contribution < 1.29 is 14.7 Å². The fourth-order valence-corrected chi connectivity index (χ4v) is 0.226. The zero-order valence-corrected chi connectivity index (χ0v) is 4.92. The predicted octanol–water partition coefficient (Wildman–Crippen LogP) is -1.44. The topological polar surface area (TPSA) is 92.4 Å².